The molecule has 6 aromatic rings. The monoisotopic (exact) mass is 485 g/mol. The zero-order valence-electron chi connectivity index (χ0n) is 21.2. The Morgan fingerprint density at radius 3 is 2.16 bits per heavy atom. The average molecular weight is 486 g/mol. The van der Waals surface area contributed by atoms with E-state index in [1.807, 2.05) is 48.5 Å². The van der Waals surface area contributed by atoms with Crippen molar-refractivity contribution < 1.29 is 0 Å². The lowest BCUT2D eigenvalue weighted by molar-refractivity contribution is 0.661. The maximum Gasteiger partial charge on any atom is 0.102 e. The summed E-state index contributed by atoms with van der Waals surface area (Å²) in [5.41, 5.74) is 10.4. The number of fused-ring (bicyclic) bond motifs is 6. The minimum absolute atomic E-state index is 0.140. The van der Waals surface area contributed by atoms with Crippen LogP contribution >= 0.6 is 0 Å². The largest absolute Gasteiger partial charge is 0.308 e. The van der Waals surface area contributed by atoms with Crippen molar-refractivity contribution in [3.8, 4) is 40.1 Å². The second-order valence-electron chi connectivity index (χ2n) is 10.4. The standard InChI is InChI=1S/C35H23N3/c1-35(2)29-14-8-6-12-24(29)26-18-27-25-13-7-9-15-31(25)38(33(27)19-30(26)35)32-17-16-23(20-36)34(28(32)21-37)22-10-4-3-5-11-22/h3-19H,1-2H3. The van der Waals surface area contributed by atoms with E-state index in [9.17, 15) is 10.5 Å². The molecule has 38 heavy (non-hydrogen) atoms. The number of benzene rings is 5. The summed E-state index contributed by atoms with van der Waals surface area (Å²) in [6.45, 7) is 4.57. The van der Waals surface area contributed by atoms with E-state index in [-0.39, 0.29) is 5.41 Å². The van der Waals surface area contributed by atoms with Gasteiger partial charge in [-0.2, -0.15) is 10.5 Å². The van der Waals surface area contributed by atoms with Crippen molar-refractivity contribution in [1.29, 1.82) is 10.5 Å². The molecule has 0 fully saturated rings. The lowest BCUT2D eigenvalue weighted by Crippen LogP contribution is -2.15. The quantitative estimate of drug-likeness (QED) is 0.247. The Balaban J connectivity index is 1.62. The molecule has 0 amide bonds. The fourth-order valence-electron chi connectivity index (χ4n) is 6.31. The van der Waals surface area contributed by atoms with Crippen LogP contribution in [0, 0.1) is 22.7 Å². The van der Waals surface area contributed by atoms with E-state index in [4.69, 9.17) is 0 Å². The highest BCUT2D eigenvalue weighted by Gasteiger charge is 2.36. The zero-order valence-corrected chi connectivity index (χ0v) is 21.2. The van der Waals surface area contributed by atoms with Crippen LogP contribution in [0.4, 0.5) is 0 Å². The summed E-state index contributed by atoms with van der Waals surface area (Å²) in [7, 11) is 0. The summed E-state index contributed by atoms with van der Waals surface area (Å²) in [5, 5.41) is 22.7. The number of nitriles is 2. The van der Waals surface area contributed by atoms with Crippen molar-refractivity contribution >= 4 is 21.8 Å². The Bertz CT molecular complexity index is 2010. The molecule has 7 rings (SSSR count). The summed E-state index contributed by atoms with van der Waals surface area (Å²) in [5.74, 6) is 0. The molecule has 0 bridgehead atoms. The average Bonchev–Trinajstić information content (AvgIpc) is 3.40. The topological polar surface area (TPSA) is 52.5 Å². The lowest BCUT2D eigenvalue weighted by atomic mass is 9.82. The smallest absolute Gasteiger partial charge is 0.102 e. The Kier molecular flexibility index (Phi) is 4.62. The van der Waals surface area contributed by atoms with Gasteiger partial charge in [0.1, 0.15) is 6.07 Å². The minimum Gasteiger partial charge on any atom is -0.308 e. The molecular formula is C35H23N3. The fraction of sp³-hybridized carbons (Fsp3) is 0.0857. The summed E-state index contributed by atoms with van der Waals surface area (Å²) < 4.78 is 2.20. The van der Waals surface area contributed by atoms with E-state index in [1.165, 1.54) is 22.3 Å². The van der Waals surface area contributed by atoms with Crippen molar-refractivity contribution in [3.05, 3.63) is 125 Å². The molecule has 5 aromatic carbocycles. The van der Waals surface area contributed by atoms with E-state index in [1.54, 1.807) is 0 Å². The molecule has 1 aromatic heterocycles. The first-order valence-electron chi connectivity index (χ1n) is 12.7. The molecule has 0 N–H and O–H groups in total. The third-order valence-electron chi connectivity index (χ3n) is 8.09. The van der Waals surface area contributed by atoms with Gasteiger partial charge in [0, 0.05) is 21.8 Å². The van der Waals surface area contributed by atoms with Crippen LogP contribution < -0.4 is 0 Å². The van der Waals surface area contributed by atoms with Gasteiger partial charge in [-0.05, 0) is 58.1 Å². The van der Waals surface area contributed by atoms with Crippen molar-refractivity contribution in [1.82, 2.24) is 4.57 Å². The van der Waals surface area contributed by atoms with E-state index < -0.39 is 0 Å². The van der Waals surface area contributed by atoms with Crippen LogP contribution in [0.25, 0.3) is 49.7 Å². The van der Waals surface area contributed by atoms with Crippen LogP contribution in [-0.2, 0) is 5.41 Å². The van der Waals surface area contributed by atoms with Gasteiger partial charge in [-0.25, -0.2) is 0 Å². The predicted octanol–water partition coefficient (Wildman–Crippen LogP) is 8.50. The van der Waals surface area contributed by atoms with Crippen LogP contribution in [0.5, 0.6) is 0 Å². The molecule has 0 spiro atoms. The van der Waals surface area contributed by atoms with E-state index in [0.717, 1.165) is 33.1 Å². The molecular weight excluding hydrogens is 462 g/mol. The first kappa shape index (κ1) is 22.1. The molecule has 1 heterocycles. The van der Waals surface area contributed by atoms with Crippen LogP contribution in [0.3, 0.4) is 0 Å². The zero-order chi connectivity index (χ0) is 26.0. The molecule has 3 heteroatoms. The van der Waals surface area contributed by atoms with E-state index in [0.29, 0.717) is 16.7 Å². The molecule has 0 unspecified atom stereocenters. The molecule has 178 valence electrons. The Hall–Kier alpha value is -5.12. The summed E-state index contributed by atoms with van der Waals surface area (Å²) >= 11 is 0. The summed E-state index contributed by atoms with van der Waals surface area (Å²) in [4.78, 5) is 0. The lowest BCUT2D eigenvalue weighted by Gasteiger charge is -2.22. The van der Waals surface area contributed by atoms with E-state index in [2.05, 4.69) is 85.2 Å². The molecule has 1 aliphatic carbocycles. The van der Waals surface area contributed by atoms with Crippen molar-refractivity contribution in [2.75, 3.05) is 0 Å². The molecule has 1 aliphatic rings. The van der Waals surface area contributed by atoms with Gasteiger partial charge in [-0.15, -0.1) is 0 Å². The van der Waals surface area contributed by atoms with E-state index >= 15 is 0 Å². The van der Waals surface area contributed by atoms with Gasteiger partial charge >= 0.3 is 0 Å². The second kappa shape index (κ2) is 7.94. The third kappa shape index (κ3) is 2.88. The number of hydrogen-bond acceptors (Lipinski definition) is 2. The Morgan fingerprint density at radius 1 is 0.632 bits per heavy atom. The normalized spacial score (nSPS) is 13.2. The second-order valence-corrected chi connectivity index (χ2v) is 10.4. The van der Waals surface area contributed by atoms with Gasteiger partial charge in [0.05, 0.1) is 33.9 Å². The third-order valence-corrected chi connectivity index (χ3v) is 8.09. The van der Waals surface area contributed by atoms with Crippen LogP contribution in [0.1, 0.15) is 36.1 Å². The van der Waals surface area contributed by atoms with Crippen LogP contribution in [0.15, 0.2) is 103 Å². The van der Waals surface area contributed by atoms with Gasteiger partial charge in [-0.3, -0.25) is 0 Å². The molecule has 0 saturated heterocycles. The number of hydrogen-bond donors (Lipinski definition) is 0. The maximum atomic E-state index is 10.5. The van der Waals surface area contributed by atoms with Crippen molar-refractivity contribution in [2.24, 2.45) is 0 Å². The molecule has 0 atom stereocenters. The Morgan fingerprint density at radius 2 is 1.37 bits per heavy atom. The number of rotatable bonds is 2. The highest BCUT2D eigenvalue weighted by Crippen LogP contribution is 2.51. The van der Waals surface area contributed by atoms with Gasteiger partial charge in [0.2, 0.25) is 0 Å². The first-order valence-corrected chi connectivity index (χ1v) is 12.7. The molecule has 3 nitrogen and oxygen atoms in total. The summed E-state index contributed by atoms with van der Waals surface area (Å²) in [6, 6.07) is 39.9. The SMILES string of the molecule is CC1(C)c2ccccc2-c2cc3c4ccccc4n(-c4ccc(C#N)c(-c5ccccc5)c4C#N)c3cc21. The maximum absolute atomic E-state index is 10.5. The molecule has 0 saturated carbocycles. The Labute approximate surface area is 221 Å². The first-order chi connectivity index (χ1) is 18.5. The highest BCUT2D eigenvalue weighted by molar-refractivity contribution is 6.12. The van der Waals surface area contributed by atoms with Crippen molar-refractivity contribution in [3.63, 3.8) is 0 Å². The number of nitrogens with zero attached hydrogens (tertiary/aromatic N) is 3. The fourth-order valence-corrected chi connectivity index (χ4v) is 6.31. The van der Waals surface area contributed by atoms with Gasteiger partial charge in [-0.1, -0.05) is 86.6 Å². The number of para-hydroxylation sites is 1. The van der Waals surface area contributed by atoms with Gasteiger partial charge in [0.25, 0.3) is 0 Å². The van der Waals surface area contributed by atoms with Crippen molar-refractivity contribution in [2.45, 2.75) is 19.3 Å². The minimum atomic E-state index is -0.140. The highest BCUT2D eigenvalue weighted by atomic mass is 15.0. The van der Waals surface area contributed by atoms with Gasteiger partial charge in [0.15, 0.2) is 0 Å². The summed E-state index contributed by atoms with van der Waals surface area (Å²) in [6.07, 6.45) is 0. The van der Waals surface area contributed by atoms with Gasteiger partial charge < -0.3 is 4.57 Å². The predicted molar refractivity (Wildman–Crippen MR) is 153 cm³/mol. The van der Waals surface area contributed by atoms with Crippen LogP contribution in [-0.4, -0.2) is 4.57 Å². The number of aromatic nitrogens is 1. The molecule has 0 aliphatic heterocycles. The van der Waals surface area contributed by atoms with Crippen LogP contribution in [0.2, 0.25) is 0 Å². The molecule has 0 radical (unpaired) electrons.